The summed E-state index contributed by atoms with van der Waals surface area (Å²) in [5, 5.41) is 6.56. The van der Waals surface area contributed by atoms with E-state index >= 15 is 0 Å². The Labute approximate surface area is 172 Å². The Morgan fingerprint density at radius 1 is 1.08 bits per heavy atom. The van der Waals surface area contributed by atoms with Gasteiger partial charge in [0.15, 0.2) is 5.96 Å². The smallest absolute Gasteiger partial charge is 0.191 e. The minimum absolute atomic E-state index is 0. The van der Waals surface area contributed by atoms with E-state index in [4.69, 9.17) is 4.74 Å². The van der Waals surface area contributed by atoms with Crippen molar-refractivity contribution in [2.24, 2.45) is 4.99 Å². The maximum Gasteiger partial charge on any atom is 0.191 e. The van der Waals surface area contributed by atoms with Gasteiger partial charge in [0.1, 0.15) is 5.82 Å². The molecule has 26 heavy (non-hydrogen) atoms. The summed E-state index contributed by atoms with van der Waals surface area (Å²) in [5.74, 6) is 0.486. The third-order valence-corrected chi connectivity index (χ3v) is 3.98. The van der Waals surface area contributed by atoms with Crippen molar-refractivity contribution in [1.29, 1.82) is 0 Å². The zero-order valence-corrected chi connectivity index (χ0v) is 17.6. The number of nitrogens with zero attached hydrogens (tertiary/aromatic N) is 1. The fraction of sp³-hybridized carbons (Fsp3) is 0.350. The number of guanidine groups is 1. The molecule has 0 saturated heterocycles. The molecular formula is C20H27FIN3O. The molecule has 2 aromatic carbocycles. The van der Waals surface area contributed by atoms with Crippen molar-refractivity contribution in [3.05, 3.63) is 71.5 Å². The van der Waals surface area contributed by atoms with Gasteiger partial charge in [0.2, 0.25) is 0 Å². The number of aliphatic imine (C=N–C) groups is 1. The van der Waals surface area contributed by atoms with E-state index in [1.807, 2.05) is 6.07 Å². The Morgan fingerprint density at radius 2 is 1.77 bits per heavy atom. The van der Waals surface area contributed by atoms with Gasteiger partial charge in [0.25, 0.3) is 0 Å². The van der Waals surface area contributed by atoms with Gasteiger partial charge in [0.05, 0.1) is 6.10 Å². The average Bonchev–Trinajstić information content (AvgIpc) is 2.66. The maximum absolute atomic E-state index is 13.0. The van der Waals surface area contributed by atoms with Gasteiger partial charge in [-0.3, -0.25) is 4.99 Å². The molecule has 0 bridgehead atoms. The number of benzene rings is 2. The summed E-state index contributed by atoms with van der Waals surface area (Å²) in [6, 6.07) is 16.8. The summed E-state index contributed by atoms with van der Waals surface area (Å²) < 4.78 is 18.5. The first-order chi connectivity index (χ1) is 12.2. The largest absolute Gasteiger partial charge is 0.375 e. The summed E-state index contributed by atoms with van der Waals surface area (Å²) in [6.45, 7) is 1.39. The van der Waals surface area contributed by atoms with Gasteiger partial charge in [-0.25, -0.2) is 4.39 Å². The van der Waals surface area contributed by atoms with E-state index in [1.165, 1.54) is 17.7 Å². The Hall–Kier alpha value is -1.67. The van der Waals surface area contributed by atoms with Gasteiger partial charge in [-0.1, -0.05) is 42.5 Å². The van der Waals surface area contributed by atoms with Gasteiger partial charge in [-0.05, 0) is 36.1 Å². The fourth-order valence-electron chi connectivity index (χ4n) is 2.57. The molecule has 0 fully saturated rings. The first-order valence-electron chi connectivity index (χ1n) is 8.49. The lowest BCUT2D eigenvalue weighted by atomic mass is 10.1. The highest BCUT2D eigenvalue weighted by atomic mass is 127. The second kappa shape index (κ2) is 12.6. The van der Waals surface area contributed by atoms with Crippen LogP contribution in [0.5, 0.6) is 0 Å². The molecule has 0 aliphatic heterocycles. The summed E-state index contributed by atoms with van der Waals surface area (Å²) in [7, 11) is 3.39. The van der Waals surface area contributed by atoms with E-state index in [2.05, 4.69) is 39.9 Å². The molecular weight excluding hydrogens is 444 g/mol. The van der Waals surface area contributed by atoms with Crippen LogP contribution in [-0.4, -0.2) is 33.2 Å². The predicted molar refractivity (Wildman–Crippen MR) is 116 cm³/mol. The van der Waals surface area contributed by atoms with Crippen LogP contribution in [0.2, 0.25) is 0 Å². The van der Waals surface area contributed by atoms with Crippen LogP contribution in [0.15, 0.2) is 59.6 Å². The van der Waals surface area contributed by atoms with E-state index in [-0.39, 0.29) is 35.9 Å². The van der Waals surface area contributed by atoms with Crippen molar-refractivity contribution >= 4 is 29.9 Å². The molecule has 0 saturated carbocycles. The number of hydrogen-bond acceptors (Lipinski definition) is 2. The summed E-state index contributed by atoms with van der Waals surface area (Å²) in [6.07, 6.45) is 1.89. The Morgan fingerprint density at radius 3 is 2.38 bits per heavy atom. The molecule has 0 aliphatic rings. The van der Waals surface area contributed by atoms with Gasteiger partial charge in [-0.2, -0.15) is 0 Å². The topological polar surface area (TPSA) is 45.7 Å². The number of ether oxygens (including phenoxy) is 1. The second-order valence-electron chi connectivity index (χ2n) is 5.74. The molecule has 0 aliphatic carbocycles. The van der Waals surface area contributed by atoms with Gasteiger partial charge >= 0.3 is 0 Å². The summed E-state index contributed by atoms with van der Waals surface area (Å²) in [5.41, 5.74) is 2.26. The monoisotopic (exact) mass is 471 g/mol. The molecule has 0 heterocycles. The van der Waals surface area contributed by atoms with E-state index in [1.54, 1.807) is 26.3 Å². The molecule has 142 valence electrons. The number of aryl methyl sites for hydroxylation is 1. The van der Waals surface area contributed by atoms with Crippen LogP contribution in [-0.2, 0) is 11.2 Å². The number of hydrogen-bond donors (Lipinski definition) is 2. The lowest BCUT2D eigenvalue weighted by Crippen LogP contribution is -2.40. The van der Waals surface area contributed by atoms with Gasteiger partial charge in [-0.15, -0.1) is 24.0 Å². The van der Waals surface area contributed by atoms with E-state index in [0.29, 0.717) is 6.54 Å². The summed E-state index contributed by atoms with van der Waals surface area (Å²) >= 11 is 0. The van der Waals surface area contributed by atoms with E-state index in [9.17, 15) is 4.39 Å². The summed E-state index contributed by atoms with van der Waals surface area (Å²) in [4.78, 5) is 4.23. The quantitative estimate of drug-likeness (QED) is 0.266. The number of rotatable bonds is 8. The third-order valence-electron chi connectivity index (χ3n) is 3.98. The van der Waals surface area contributed by atoms with Crippen molar-refractivity contribution in [3.8, 4) is 0 Å². The SMILES string of the molecule is CN=C(NCCCc1ccccc1)NCC(OC)c1ccc(F)cc1.I. The zero-order chi connectivity index (χ0) is 17.9. The lowest BCUT2D eigenvalue weighted by molar-refractivity contribution is 0.106. The van der Waals surface area contributed by atoms with Crippen molar-refractivity contribution < 1.29 is 9.13 Å². The first kappa shape index (κ1) is 22.4. The average molecular weight is 471 g/mol. The standard InChI is InChI=1S/C20H26FN3O.HI/c1-22-20(23-14-6-9-16-7-4-3-5-8-16)24-15-19(25-2)17-10-12-18(21)13-11-17;/h3-5,7-8,10-13,19H,6,9,14-15H2,1-2H3,(H2,22,23,24);1H. The van der Waals surface area contributed by atoms with Crippen LogP contribution in [0, 0.1) is 5.82 Å². The molecule has 0 amide bonds. The molecule has 1 atom stereocenters. The molecule has 2 rings (SSSR count). The van der Waals surface area contributed by atoms with Crippen molar-refractivity contribution in [2.45, 2.75) is 18.9 Å². The minimum Gasteiger partial charge on any atom is -0.375 e. The fourth-order valence-corrected chi connectivity index (χ4v) is 2.57. The van der Waals surface area contributed by atoms with Crippen LogP contribution < -0.4 is 10.6 Å². The minimum atomic E-state index is -0.248. The Kier molecular flexibility index (Phi) is 10.9. The highest BCUT2D eigenvalue weighted by Crippen LogP contribution is 2.16. The normalized spacial score (nSPS) is 12.2. The third kappa shape index (κ3) is 7.70. The van der Waals surface area contributed by atoms with Crippen LogP contribution >= 0.6 is 24.0 Å². The van der Waals surface area contributed by atoms with Crippen LogP contribution in [0.4, 0.5) is 4.39 Å². The van der Waals surface area contributed by atoms with Gasteiger partial charge < -0.3 is 15.4 Å². The van der Waals surface area contributed by atoms with Crippen molar-refractivity contribution in [3.63, 3.8) is 0 Å². The van der Waals surface area contributed by atoms with Gasteiger partial charge in [0, 0.05) is 27.2 Å². The van der Waals surface area contributed by atoms with Crippen molar-refractivity contribution in [2.75, 3.05) is 27.2 Å². The number of nitrogens with one attached hydrogen (secondary N) is 2. The van der Waals surface area contributed by atoms with E-state index in [0.717, 1.165) is 30.9 Å². The molecule has 2 aromatic rings. The highest BCUT2D eigenvalue weighted by molar-refractivity contribution is 14.0. The van der Waals surface area contributed by atoms with Crippen molar-refractivity contribution in [1.82, 2.24) is 10.6 Å². The maximum atomic E-state index is 13.0. The molecule has 6 heteroatoms. The zero-order valence-electron chi connectivity index (χ0n) is 15.2. The molecule has 0 spiro atoms. The van der Waals surface area contributed by atoms with Crippen LogP contribution in [0.1, 0.15) is 23.7 Å². The molecule has 0 radical (unpaired) electrons. The second-order valence-corrected chi connectivity index (χ2v) is 5.74. The highest BCUT2D eigenvalue weighted by Gasteiger charge is 2.11. The number of halogens is 2. The van der Waals surface area contributed by atoms with Crippen LogP contribution in [0.25, 0.3) is 0 Å². The lowest BCUT2D eigenvalue weighted by Gasteiger charge is -2.18. The predicted octanol–water partition coefficient (Wildman–Crippen LogP) is 3.93. The van der Waals surface area contributed by atoms with Crippen LogP contribution in [0.3, 0.4) is 0 Å². The molecule has 4 nitrogen and oxygen atoms in total. The Bertz CT molecular complexity index is 650. The number of methoxy groups -OCH3 is 1. The van der Waals surface area contributed by atoms with E-state index < -0.39 is 0 Å². The first-order valence-corrected chi connectivity index (χ1v) is 8.49. The Balaban J connectivity index is 0.00000338. The molecule has 2 N–H and O–H groups in total. The molecule has 0 aromatic heterocycles. The molecule has 1 unspecified atom stereocenters.